The van der Waals surface area contributed by atoms with Crippen LogP contribution in [0.15, 0.2) is 24.3 Å². The minimum absolute atomic E-state index is 0. The van der Waals surface area contributed by atoms with Crippen molar-refractivity contribution >= 4 is 41.0 Å². The van der Waals surface area contributed by atoms with Gasteiger partial charge in [0.05, 0.1) is 0 Å². The van der Waals surface area contributed by atoms with Crippen LogP contribution in [0.5, 0.6) is 0 Å². The molecule has 0 saturated heterocycles. The lowest BCUT2D eigenvalue weighted by Crippen LogP contribution is -2.11. The quantitative estimate of drug-likeness (QED) is 0.488. The van der Waals surface area contributed by atoms with Crippen LogP contribution >= 0.6 is 17.0 Å². The number of unbranched alkanes of at least 4 members (excludes halogenated alkanes) is 4. The van der Waals surface area contributed by atoms with E-state index in [0.717, 1.165) is 0 Å². The Bertz CT molecular complexity index is 269. The molecule has 2 heteroatoms. The Morgan fingerprint density at radius 2 is 1.53 bits per heavy atom. The Balaban J connectivity index is 0.00000256. The van der Waals surface area contributed by atoms with Crippen LogP contribution in [-0.4, -0.2) is 20.4 Å². The van der Waals surface area contributed by atoms with E-state index in [2.05, 4.69) is 38.1 Å². The lowest BCUT2D eigenvalue weighted by Gasteiger charge is -2.03. The van der Waals surface area contributed by atoms with Crippen LogP contribution in [0.4, 0.5) is 0 Å². The van der Waals surface area contributed by atoms with Crippen molar-refractivity contribution in [3.8, 4) is 0 Å². The fourth-order valence-electron chi connectivity index (χ4n) is 2.09. The highest BCUT2D eigenvalue weighted by Gasteiger charge is 1.97. The summed E-state index contributed by atoms with van der Waals surface area (Å²) in [5, 5.41) is 0. The van der Waals surface area contributed by atoms with Crippen LogP contribution in [0.1, 0.15) is 51.5 Å². The zero-order valence-corrected chi connectivity index (χ0v) is 14.5. The highest BCUT2D eigenvalue weighted by atomic mass is 79.9. The van der Waals surface area contributed by atoms with E-state index in [1.165, 1.54) is 48.6 Å². The number of halogens is 1. The molecule has 1 aromatic rings. The Morgan fingerprint density at radius 3 is 2.12 bits per heavy atom. The van der Waals surface area contributed by atoms with Gasteiger partial charge in [-0.15, -0.1) is 21.5 Å². The summed E-state index contributed by atoms with van der Waals surface area (Å²) in [6, 6.07) is 9.41. The van der Waals surface area contributed by atoms with Gasteiger partial charge in [-0.05, 0) is 18.4 Å². The van der Waals surface area contributed by atoms with E-state index in [9.17, 15) is 0 Å². The minimum atomic E-state index is 0. The van der Waals surface area contributed by atoms with Gasteiger partial charge in [-0.3, -0.25) is 0 Å². The molecule has 0 radical (unpaired) electrons. The maximum Gasteiger partial charge on any atom is 0.408 e. The summed E-state index contributed by atoms with van der Waals surface area (Å²) >= 11 is 0.0525. The molecule has 0 nitrogen and oxygen atoms in total. The third-order valence-corrected chi connectivity index (χ3v) is 4.68. The van der Waals surface area contributed by atoms with Crippen LogP contribution in [0.25, 0.3) is 0 Å². The van der Waals surface area contributed by atoms with Crippen LogP contribution in [-0.2, 0) is 6.42 Å². The monoisotopic (exact) mass is 308 g/mol. The second kappa shape index (κ2) is 11.6. The van der Waals surface area contributed by atoms with Gasteiger partial charge in [0.25, 0.3) is 0 Å². The van der Waals surface area contributed by atoms with E-state index in [4.69, 9.17) is 0 Å². The van der Waals surface area contributed by atoms with E-state index in [1.807, 2.05) is 0 Å². The molecule has 0 aliphatic carbocycles. The molecule has 0 atom stereocenters. The standard InChI is InChI=1S/C13H19.C2H5.BrH.Mg/c1-2-3-4-5-7-10-13-11-8-6-9-12-13;1-2;;/h8-9,11-12H,2-5,7,10H2,1H3;1H2,2H3;1H;. The second-order valence-electron chi connectivity index (χ2n) is 4.73. The lowest BCUT2D eigenvalue weighted by molar-refractivity contribution is 0.632. The van der Waals surface area contributed by atoms with Crippen molar-refractivity contribution in [2.24, 2.45) is 0 Å². The van der Waals surface area contributed by atoms with Crippen molar-refractivity contribution in [3.05, 3.63) is 29.8 Å². The van der Waals surface area contributed by atoms with Gasteiger partial charge in [-0.25, -0.2) is 0 Å². The minimum Gasteiger partial charge on any atom is -0.174 e. The fraction of sp³-hybridized carbons (Fsp3) is 0.600. The number of hydrogen-bond acceptors (Lipinski definition) is 0. The molecular weight excluding hydrogens is 284 g/mol. The van der Waals surface area contributed by atoms with Crippen LogP contribution in [0.2, 0.25) is 4.55 Å². The van der Waals surface area contributed by atoms with E-state index in [-0.39, 0.29) is 37.3 Å². The van der Waals surface area contributed by atoms with Gasteiger partial charge in [-0.2, -0.15) is 3.69 Å². The number of aryl methyl sites for hydroxylation is 1. The first-order valence-corrected chi connectivity index (χ1v) is 8.65. The molecule has 0 spiro atoms. The molecule has 0 amide bonds. The van der Waals surface area contributed by atoms with Crippen LogP contribution in [0.3, 0.4) is 0 Å². The first-order chi connectivity index (χ1) is 7.86. The predicted octanol–water partition coefficient (Wildman–Crippen LogP) is 4.55. The lowest BCUT2D eigenvalue weighted by atomic mass is 10.1. The Hall–Kier alpha value is 0.466. The van der Waals surface area contributed by atoms with E-state index >= 15 is 0 Å². The van der Waals surface area contributed by atoms with Gasteiger partial charge in [0, 0.05) is 0 Å². The van der Waals surface area contributed by atoms with Gasteiger partial charge in [0.15, 0.2) is 0 Å². The van der Waals surface area contributed by atoms with Crippen molar-refractivity contribution in [2.45, 2.75) is 56.9 Å². The third-order valence-electron chi connectivity index (χ3n) is 3.13. The first-order valence-electron chi connectivity index (χ1n) is 6.94. The molecule has 0 fully saturated rings. The number of hydrogen-bond donors (Lipinski definition) is 0. The largest absolute Gasteiger partial charge is 0.408 e. The smallest absolute Gasteiger partial charge is 0.174 e. The molecule has 1 rings (SSSR count). The van der Waals surface area contributed by atoms with Gasteiger partial charge in [0.1, 0.15) is 0 Å². The van der Waals surface area contributed by atoms with Gasteiger partial charge >= 0.3 is 20.4 Å². The normalized spacial score (nSPS) is 9.53. The topological polar surface area (TPSA) is 0 Å². The number of rotatable bonds is 8. The molecule has 0 unspecified atom stereocenters. The molecule has 0 saturated carbocycles. The molecule has 0 aliphatic heterocycles. The third kappa shape index (κ3) is 8.23. The molecule has 0 aromatic heterocycles. The molecule has 17 heavy (non-hydrogen) atoms. The molecule has 0 aliphatic rings. The molecule has 0 N–H and O–H groups in total. The highest BCUT2D eigenvalue weighted by Crippen LogP contribution is 2.08. The molecular formula is C15H25BrMg. The number of benzene rings is 1. The maximum atomic E-state index is 2.36. The summed E-state index contributed by atoms with van der Waals surface area (Å²) < 4.78 is 3.01. The van der Waals surface area contributed by atoms with E-state index in [1.54, 1.807) is 3.69 Å². The molecule has 1 aromatic carbocycles. The first kappa shape index (κ1) is 17.5. The Kier molecular flexibility index (Phi) is 11.9. The Labute approximate surface area is 127 Å². The van der Waals surface area contributed by atoms with Crippen molar-refractivity contribution in [1.82, 2.24) is 0 Å². The van der Waals surface area contributed by atoms with Crippen molar-refractivity contribution in [2.75, 3.05) is 0 Å². The summed E-state index contributed by atoms with van der Waals surface area (Å²) in [6.07, 6.45) is 8.20. The van der Waals surface area contributed by atoms with Crippen molar-refractivity contribution < 1.29 is 0 Å². The predicted molar refractivity (Wildman–Crippen MR) is 85.1 cm³/mol. The molecule has 0 bridgehead atoms. The van der Waals surface area contributed by atoms with Gasteiger partial charge < -0.3 is 0 Å². The summed E-state index contributed by atoms with van der Waals surface area (Å²) in [5.74, 6) is 0. The summed E-state index contributed by atoms with van der Waals surface area (Å²) in [5.41, 5.74) is 1.53. The van der Waals surface area contributed by atoms with Gasteiger partial charge in [-0.1, -0.05) is 63.8 Å². The van der Waals surface area contributed by atoms with Crippen LogP contribution in [0, 0.1) is 0 Å². The molecule has 0 heterocycles. The SMILES string of the molecule is Br.CCCCCCCc1cc[c]([Mg][CH2]C)cc1. The van der Waals surface area contributed by atoms with Crippen LogP contribution < -0.4 is 3.69 Å². The zero-order valence-electron chi connectivity index (χ0n) is 11.4. The molecule has 94 valence electrons. The average molecular weight is 310 g/mol. The zero-order chi connectivity index (χ0) is 11.6. The van der Waals surface area contributed by atoms with E-state index < -0.39 is 0 Å². The van der Waals surface area contributed by atoms with Gasteiger partial charge in [0.2, 0.25) is 0 Å². The van der Waals surface area contributed by atoms with Crippen molar-refractivity contribution in [1.29, 1.82) is 0 Å². The van der Waals surface area contributed by atoms with Crippen molar-refractivity contribution in [3.63, 3.8) is 0 Å². The fourth-order valence-corrected chi connectivity index (χ4v) is 3.24. The average Bonchev–Trinajstić information content (AvgIpc) is 2.31. The summed E-state index contributed by atoms with van der Waals surface area (Å²) in [4.78, 5) is 0. The highest BCUT2D eigenvalue weighted by molar-refractivity contribution is 8.93. The second-order valence-corrected chi connectivity index (χ2v) is 7.05. The summed E-state index contributed by atoms with van der Waals surface area (Å²) in [7, 11) is 0. The van der Waals surface area contributed by atoms with E-state index in [0.29, 0.717) is 0 Å². The Morgan fingerprint density at radius 1 is 0.882 bits per heavy atom. The maximum absolute atomic E-state index is 2.36. The summed E-state index contributed by atoms with van der Waals surface area (Å²) in [6.45, 7) is 4.57.